The van der Waals surface area contributed by atoms with Crippen molar-refractivity contribution < 1.29 is 15.0 Å². The number of carbonyl (C=O) groups excluding carboxylic acids is 1. The maximum absolute atomic E-state index is 12.1. The van der Waals surface area contributed by atoms with Crippen molar-refractivity contribution in [3.8, 4) is 0 Å². The van der Waals surface area contributed by atoms with E-state index < -0.39 is 0 Å². The van der Waals surface area contributed by atoms with Gasteiger partial charge in [0.1, 0.15) is 0 Å². The van der Waals surface area contributed by atoms with Gasteiger partial charge in [-0.05, 0) is 12.8 Å². The molecule has 1 rings (SSSR count). The third-order valence-corrected chi connectivity index (χ3v) is 3.19. The van der Waals surface area contributed by atoms with Crippen molar-refractivity contribution in [3.05, 3.63) is 0 Å². The zero-order valence-corrected chi connectivity index (χ0v) is 9.64. The highest BCUT2D eigenvalue weighted by atomic mass is 16.3. The molecule has 0 aromatic rings. The van der Waals surface area contributed by atoms with Crippen molar-refractivity contribution >= 4 is 5.91 Å². The summed E-state index contributed by atoms with van der Waals surface area (Å²) in [5.41, 5.74) is 5.94. The Bertz CT molecular complexity index is 217. The molecule has 1 amide bonds. The number of amides is 1. The smallest absolute Gasteiger partial charge is 0.227 e. The molecule has 0 saturated heterocycles. The van der Waals surface area contributed by atoms with Gasteiger partial charge in [-0.25, -0.2) is 0 Å². The highest BCUT2D eigenvalue weighted by Gasteiger charge is 2.31. The minimum absolute atomic E-state index is 0.0182. The van der Waals surface area contributed by atoms with Crippen LogP contribution < -0.4 is 5.73 Å². The summed E-state index contributed by atoms with van der Waals surface area (Å²) in [6.45, 7) is 0.409. The molecule has 0 spiro atoms. The van der Waals surface area contributed by atoms with Gasteiger partial charge in [-0.15, -0.1) is 0 Å². The van der Waals surface area contributed by atoms with Crippen molar-refractivity contribution in [1.82, 2.24) is 4.90 Å². The summed E-state index contributed by atoms with van der Waals surface area (Å²) in [4.78, 5) is 13.6. The van der Waals surface area contributed by atoms with Crippen molar-refractivity contribution in [2.75, 3.05) is 26.3 Å². The highest BCUT2D eigenvalue weighted by Crippen LogP contribution is 2.24. The molecule has 0 heterocycles. The molecule has 1 saturated carbocycles. The number of aliphatic hydroxyl groups excluding tert-OH is 2. The van der Waals surface area contributed by atoms with Crippen LogP contribution in [0.4, 0.5) is 0 Å². The van der Waals surface area contributed by atoms with Crippen LogP contribution in [0.1, 0.15) is 25.7 Å². The molecular weight excluding hydrogens is 208 g/mol. The van der Waals surface area contributed by atoms with Gasteiger partial charge in [0.2, 0.25) is 5.91 Å². The van der Waals surface area contributed by atoms with E-state index in [0.717, 1.165) is 25.7 Å². The first-order valence-electron chi connectivity index (χ1n) is 5.96. The van der Waals surface area contributed by atoms with E-state index >= 15 is 0 Å². The standard InChI is InChI=1S/C11H22N2O3/c12-10-4-2-1-3-9(10)11(16)13(5-7-14)6-8-15/h9-10,14-15H,1-8,12H2. The van der Waals surface area contributed by atoms with E-state index in [-0.39, 0.29) is 44.2 Å². The number of rotatable bonds is 5. The fourth-order valence-corrected chi connectivity index (χ4v) is 2.27. The summed E-state index contributed by atoms with van der Waals surface area (Å²) >= 11 is 0. The van der Waals surface area contributed by atoms with Crippen LogP contribution in [0.3, 0.4) is 0 Å². The lowest BCUT2D eigenvalue weighted by atomic mass is 9.84. The Morgan fingerprint density at radius 3 is 2.25 bits per heavy atom. The number of hydrogen-bond donors (Lipinski definition) is 3. The van der Waals surface area contributed by atoms with Gasteiger partial charge >= 0.3 is 0 Å². The average molecular weight is 230 g/mol. The second kappa shape index (κ2) is 6.83. The van der Waals surface area contributed by atoms with E-state index in [9.17, 15) is 4.79 Å². The van der Waals surface area contributed by atoms with Gasteiger partial charge in [0, 0.05) is 19.1 Å². The molecular formula is C11H22N2O3. The Hall–Kier alpha value is -0.650. The molecule has 94 valence electrons. The lowest BCUT2D eigenvalue weighted by molar-refractivity contribution is -0.138. The van der Waals surface area contributed by atoms with Gasteiger partial charge < -0.3 is 20.8 Å². The minimum atomic E-state index is -0.133. The Morgan fingerprint density at radius 2 is 1.75 bits per heavy atom. The molecule has 0 aromatic carbocycles. The maximum atomic E-state index is 12.1. The van der Waals surface area contributed by atoms with Gasteiger partial charge in [-0.2, -0.15) is 0 Å². The summed E-state index contributed by atoms with van der Waals surface area (Å²) in [6.07, 6.45) is 3.84. The fraction of sp³-hybridized carbons (Fsp3) is 0.909. The molecule has 2 atom stereocenters. The summed E-state index contributed by atoms with van der Waals surface area (Å²) in [7, 11) is 0. The van der Waals surface area contributed by atoms with E-state index in [1.54, 1.807) is 0 Å². The molecule has 0 bridgehead atoms. The lowest BCUT2D eigenvalue weighted by Crippen LogP contribution is -2.47. The number of nitrogens with two attached hydrogens (primary N) is 1. The Kier molecular flexibility index (Phi) is 5.73. The molecule has 5 heteroatoms. The van der Waals surface area contributed by atoms with Crippen LogP contribution in [-0.4, -0.2) is 53.4 Å². The van der Waals surface area contributed by atoms with Crippen molar-refractivity contribution in [2.45, 2.75) is 31.7 Å². The average Bonchev–Trinajstić information content (AvgIpc) is 2.28. The Labute approximate surface area is 96.2 Å². The maximum Gasteiger partial charge on any atom is 0.227 e. The number of aliphatic hydroxyl groups is 2. The molecule has 0 aliphatic heterocycles. The highest BCUT2D eigenvalue weighted by molar-refractivity contribution is 5.79. The van der Waals surface area contributed by atoms with Gasteiger partial charge in [-0.3, -0.25) is 4.79 Å². The zero-order chi connectivity index (χ0) is 12.0. The molecule has 0 aromatic heterocycles. The van der Waals surface area contributed by atoms with Crippen molar-refractivity contribution in [2.24, 2.45) is 11.7 Å². The van der Waals surface area contributed by atoms with Crippen LogP contribution in [0.25, 0.3) is 0 Å². The SMILES string of the molecule is NC1CCCCC1C(=O)N(CCO)CCO. The van der Waals surface area contributed by atoms with E-state index in [0.29, 0.717) is 0 Å². The molecule has 0 radical (unpaired) electrons. The molecule has 1 aliphatic carbocycles. The number of hydrogen-bond acceptors (Lipinski definition) is 4. The summed E-state index contributed by atoms with van der Waals surface area (Å²) < 4.78 is 0. The van der Waals surface area contributed by atoms with Crippen LogP contribution in [0.5, 0.6) is 0 Å². The van der Waals surface area contributed by atoms with Crippen LogP contribution >= 0.6 is 0 Å². The Balaban J connectivity index is 2.57. The Morgan fingerprint density at radius 1 is 1.19 bits per heavy atom. The predicted octanol–water partition coefficient (Wildman–Crippen LogP) is -0.683. The molecule has 5 nitrogen and oxygen atoms in total. The van der Waals surface area contributed by atoms with E-state index in [1.165, 1.54) is 4.90 Å². The van der Waals surface area contributed by atoms with Crippen molar-refractivity contribution in [1.29, 1.82) is 0 Å². The van der Waals surface area contributed by atoms with Gasteiger partial charge in [0.25, 0.3) is 0 Å². The summed E-state index contributed by atoms with van der Waals surface area (Å²) in [6, 6.07) is -0.0684. The largest absolute Gasteiger partial charge is 0.395 e. The van der Waals surface area contributed by atoms with E-state index in [2.05, 4.69) is 0 Å². The van der Waals surface area contributed by atoms with Gasteiger partial charge in [0.15, 0.2) is 0 Å². The number of nitrogens with zero attached hydrogens (tertiary/aromatic N) is 1. The summed E-state index contributed by atoms with van der Waals surface area (Å²) in [5.74, 6) is -0.151. The molecule has 4 N–H and O–H groups in total. The number of carbonyl (C=O) groups is 1. The minimum Gasteiger partial charge on any atom is -0.395 e. The first-order chi connectivity index (χ1) is 7.70. The molecule has 1 aliphatic rings. The first kappa shape index (κ1) is 13.4. The topological polar surface area (TPSA) is 86.8 Å². The van der Waals surface area contributed by atoms with E-state index in [1.807, 2.05) is 0 Å². The van der Waals surface area contributed by atoms with Crippen molar-refractivity contribution in [3.63, 3.8) is 0 Å². The lowest BCUT2D eigenvalue weighted by Gasteiger charge is -2.32. The van der Waals surface area contributed by atoms with Crippen LogP contribution in [0.15, 0.2) is 0 Å². The normalized spacial score (nSPS) is 25.4. The monoisotopic (exact) mass is 230 g/mol. The van der Waals surface area contributed by atoms with Gasteiger partial charge in [-0.1, -0.05) is 12.8 Å². The molecule has 1 fully saturated rings. The molecule has 2 unspecified atom stereocenters. The van der Waals surface area contributed by atoms with Crippen LogP contribution in [-0.2, 0) is 4.79 Å². The fourth-order valence-electron chi connectivity index (χ4n) is 2.27. The van der Waals surface area contributed by atoms with Crippen LogP contribution in [0, 0.1) is 5.92 Å². The second-order valence-corrected chi connectivity index (χ2v) is 4.33. The van der Waals surface area contributed by atoms with E-state index in [4.69, 9.17) is 15.9 Å². The zero-order valence-electron chi connectivity index (χ0n) is 9.64. The quantitative estimate of drug-likeness (QED) is 0.584. The third kappa shape index (κ3) is 3.43. The molecule has 16 heavy (non-hydrogen) atoms. The third-order valence-electron chi connectivity index (χ3n) is 3.19. The van der Waals surface area contributed by atoms with Gasteiger partial charge in [0.05, 0.1) is 19.1 Å². The second-order valence-electron chi connectivity index (χ2n) is 4.33. The first-order valence-corrected chi connectivity index (χ1v) is 5.96. The summed E-state index contributed by atoms with van der Waals surface area (Å²) in [5, 5.41) is 17.7. The predicted molar refractivity (Wildman–Crippen MR) is 60.7 cm³/mol. The van der Waals surface area contributed by atoms with Crippen LogP contribution in [0.2, 0.25) is 0 Å².